The predicted octanol–water partition coefficient (Wildman–Crippen LogP) is 3.34. The first-order valence-corrected chi connectivity index (χ1v) is 6.50. The number of ketones is 1. The van der Waals surface area contributed by atoms with Gasteiger partial charge in [0.1, 0.15) is 18.6 Å². The number of aldehydes is 1. The van der Waals surface area contributed by atoms with Gasteiger partial charge in [-0.1, -0.05) is 41.9 Å². The SMILES string of the molecule is O=Cc1ccc(OCC(=O)Cc2ccccc2)c(Cl)c1. The Hall–Kier alpha value is -2.13. The molecule has 0 saturated carbocycles. The molecule has 4 heteroatoms. The minimum absolute atomic E-state index is 0.0354. The largest absolute Gasteiger partial charge is 0.484 e. The Morgan fingerprint density at radius 1 is 1.15 bits per heavy atom. The van der Waals surface area contributed by atoms with Crippen LogP contribution in [0, 0.1) is 0 Å². The smallest absolute Gasteiger partial charge is 0.174 e. The Labute approximate surface area is 122 Å². The Bertz CT molecular complexity index is 608. The van der Waals surface area contributed by atoms with Crippen LogP contribution in [0.2, 0.25) is 5.02 Å². The Morgan fingerprint density at radius 3 is 2.55 bits per heavy atom. The fourth-order valence-corrected chi connectivity index (χ4v) is 1.98. The summed E-state index contributed by atoms with van der Waals surface area (Å²) in [6.07, 6.45) is 1.03. The fourth-order valence-electron chi connectivity index (χ4n) is 1.74. The second kappa shape index (κ2) is 6.87. The average molecular weight is 289 g/mol. The third-order valence-corrected chi connectivity index (χ3v) is 3.02. The van der Waals surface area contributed by atoms with Gasteiger partial charge in [-0.3, -0.25) is 9.59 Å². The molecule has 0 aliphatic heterocycles. The van der Waals surface area contributed by atoms with E-state index in [1.807, 2.05) is 30.3 Å². The molecule has 2 rings (SSSR count). The fraction of sp³-hybridized carbons (Fsp3) is 0.125. The molecule has 102 valence electrons. The van der Waals surface area contributed by atoms with Gasteiger partial charge in [0.05, 0.1) is 5.02 Å². The van der Waals surface area contributed by atoms with Crippen LogP contribution in [0.25, 0.3) is 0 Å². The topological polar surface area (TPSA) is 43.4 Å². The van der Waals surface area contributed by atoms with Crippen molar-refractivity contribution in [3.8, 4) is 5.75 Å². The first kappa shape index (κ1) is 14.3. The van der Waals surface area contributed by atoms with Gasteiger partial charge in [0.15, 0.2) is 5.78 Å². The van der Waals surface area contributed by atoms with E-state index in [-0.39, 0.29) is 12.4 Å². The number of carbonyl (C=O) groups is 2. The number of rotatable bonds is 6. The number of hydrogen-bond acceptors (Lipinski definition) is 3. The zero-order chi connectivity index (χ0) is 14.4. The lowest BCUT2D eigenvalue weighted by molar-refractivity contribution is -0.120. The molecule has 3 nitrogen and oxygen atoms in total. The van der Waals surface area contributed by atoms with Crippen molar-refractivity contribution in [3.63, 3.8) is 0 Å². The predicted molar refractivity (Wildman–Crippen MR) is 77.5 cm³/mol. The van der Waals surface area contributed by atoms with Gasteiger partial charge in [0, 0.05) is 12.0 Å². The van der Waals surface area contributed by atoms with Crippen molar-refractivity contribution in [2.24, 2.45) is 0 Å². The van der Waals surface area contributed by atoms with Crippen molar-refractivity contribution in [1.82, 2.24) is 0 Å². The quantitative estimate of drug-likeness (QED) is 0.766. The van der Waals surface area contributed by atoms with Gasteiger partial charge in [0.2, 0.25) is 0 Å². The summed E-state index contributed by atoms with van der Waals surface area (Å²) in [6, 6.07) is 14.1. The van der Waals surface area contributed by atoms with Crippen molar-refractivity contribution < 1.29 is 14.3 Å². The molecule has 0 amide bonds. The van der Waals surface area contributed by atoms with E-state index in [0.717, 1.165) is 5.56 Å². The van der Waals surface area contributed by atoms with E-state index in [0.29, 0.717) is 29.0 Å². The molecule has 0 spiro atoms. The molecule has 0 aliphatic rings. The maximum absolute atomic E-state index is 11.8. The molecule has 0 fully saturated rings. The van der Waals surface area contributed by atoms with Crippen LogP contribution in [-0.2, 0) is 11.2 Å². The van der Waals surface area contributed by atoms with Crippen LogP contribution in [0.1, 0.15) is 15.9 Å². The highest BCUT2D eigenvalue weighted by molar-refractivity contribution is 6.32. The number of halogens is 1. The number of hydrogen-bond donors (Lipinski definition) is 0. The molecular weight excluding hydrogens is 276 g/mol. The van der Waals surface area contributed by atoms with Crippen molar-refractivity contribution in [2.75, 3.05) is 6.61 Å². The van der Waals surface area contributed by atoms with Crippen molar-refractivity contribution in [1.29, 1.82) is 0 Å². The second-order valence-corrected chi connectivity index (χ2v) is 4.70. The van der Waals surface area contributed by atoms with Crippen LogP contribution >= 0.6 is 11.6 Å². The van der Waals surface area contributed by atoms with Crippen LogP contribution in [0.15, 0.2) is 48.5 Å². The molecular formula is C16H13ClO3. The maximum Gasteiger partial charge on any atom is 0.174 e. The standard InChI is InChI=1S/C16H13ClO3/c17-15-9-13(10-18)6-7-16(15)20-11-14(19)8-12-4-2-1-3-5-12/h1-7,9-10H,8,11H2. The minimum Gasteiger partial charge on any atom is -0.484 e. The molecule has 0 aliphatic carbocycles. The molecule has 0 aromatic heterocycles. The van der Waals surface area contributed by atoms with E-state index in [4.69, 9.17) is 16.3 Å². The molecule has 0 atom stereocenters. The van der Waals surface area contributed by atoms with E-state index < -0.39 is 0 Å². The monoisotopic (exact) mass is 288 g/mol. The Morgan fingerprint density at radius 2 is 1.90 bits per heavy atom. The zero-order valence-electron chi connectivity index (χ0n) is 10.7. The summed E-state index contributed by atoms with van der Waals surface area (Å²) in [6.45, 7) is -0.0466. The lowest BCUT2D eigenvalue weighted by atomic mass is 10.1. The van der Waals surface area contributed by atoms with E-state index in [1.165, 1.54) is 6.07 Å². The number of Topliss-reactive ketones (excluding diaryl/α,β-unsaturated/α-hetero) is 1. The minimum atomic E-state index is -0.0466. The summed E-state index contributed by atoms with van der Waals surface area (Å²) < 4.78 is 5.37. The Kier molecular flexibility index (Phi) is 4.91. The highest BCUT2D eigenvalue weighted by Crippen LogP contribution is 2.24. The molecule has 0 bridgehead atoms. The zero-order valence-corrected chi connectivity index (χ0v) is 11.5. The summed E-state index contributed by atoms with van der Waals surface area (Å²) >= 11 is 5.96. The molecule has 0 saturated heterocycles. The van der Waals surface area contributed by atoms with Crippen molar-refractivity contribution in [2.45, 2.75) is 6.42 Å². The van der Waals surface area contributed by atoms with Gasteiger partial charge >= 0.3 is 0 Å². The third kappa shape index (κ3) is 3.93. The van der Waals surface area contributed by atoms with Gasteiger partial charge < -0.3 is 4.74 Å². The van der Waals surface area contributed by atoms with Gasteiger partial charge in [0.25, 0.3) is 0 Å². The average Bonchev–Trinajstić information content (AvgIpc) is 2.47. The number of benzene rings is 2. The number of ether oxygens (including phenoxy) is 1. The van der Waals surface area contributed by atoms with Crippen molar-refractivity contribution >= 4 is 23.7 Å². The summed E-state index contributed by atoms with van der Waals surface area (Å²) in [5.74, 6) is 0.366. The van der Waals surface area contributed by atoms with Crippen LogP contribution in [0.4, 0.5) is 0 Å². The van der Waals surface area contributed by atoms with E-state index in [1.54, 1.807) is 12.1 Å². The van der Waals surface area contributed by atoms with E-state index >= 15 is 0 Å². The van der Waals surface area contributed by atoms with Gasteiger partial charge in [-0.15, -0.1) is 0 Å². The Balaban J connectivity index is 1.92. The summed E-state index contributed by atoms with van der Waals surface area (Å²) in [5.41, 5.74) is 1.42. The first-order valence-electron chi connectivity index (χ1n) is 6.12. The lowest BCUT2D eigenvalue weighted by Crippen LogP contribution is -2.14. The summed E-state index contributed by atoms with van der Waals surface area (Å²) in [5, 5.41) is 0.321. The van der Waals surface area contributed by atoms with E-state index in [2.05, 4.69) is 0 Å². The van der Waals surface area contributed by atoms with Crippen LogP contribution in [0.3, 0.4) is 0 Å². The van der Waals surface area contributed by atoms with E-state index in [9.17, 15) is 9.59 Å². The van der Waals surface area contributed by atoms with Gasteiger partial charge in [-0.25, -0.2) is 0 Å². The molecule has 20 heavy (non-hydrogen) atoms. The molecule has 0 heterocycles. The third-order valence-electron chi connectivity index (χ3n) is 2.72. The molecule has 0 unspecified atom stereocenters. The highest BCUT2D eigenvalue weighted by atomic mass is 35.5. The lowest BCUT2D eigenvalue weighted by Gasteiger charge is -2.07. The normalized spacial score (nSPS) is 10.1. The van der Waals surface area contributed by atoms with Crippen LogP contribution < -0.4 is 4.74 Å². The van der Waals surface area contributed by atoms with Crippen molar-refractivity contribution in [3.05, 3.63) is 64.7 Å². The molecule has 0 N–H and O–H groups in total. The van der Waals surface area contributed by atoms with Crippen LogP contribution in [0.5, 0.6) is 5.75 Å². The molecule has 2 aromatic rings. The number of carbonyl (C=O) groups excluding carboxylic acids is 2. The second-order valence-electron chi connectivity index (χ2n) is 4.30. The highest BCUT2D eigenvalue weighted by Gasteiger charge is 2.07. The summed E-state index contributed by atoms with van der Waals surface area (Å²) in [4.78, 5) is 22.4. The molecule has 0 radical (unpaired) electrons. The van der Waals surface area contributed by atoms with Crippen LogP contribution in [-0.4, -0.2) is 18.7 Å². The van der Waals surface area contributed by atoms with Gasteiger partial charge in [-0.2, -0.15) is 0 Å². The summed E-state index contributed by atoms with van der Waals surface area (Å²) in [7, 11) is 0. The maximum atomic E-state index is 11.8. The molecule has 2 aromatic carbocycles. The van der Waals surface area contributed by atoms with Gasteiger partial charge in [-0.05, 0) is 23.8 Å². The first-order chi connectivity index (χ1) is 9.69.